The fourth-order valence-electron chi connectivity index (χ4n) is 10.3. The summed E-state index contributed by atoms with van der Waals surface area (Å²) in [6.45, 7) is 5.75. The van der Waals surface area contributed by atoms with E-state index < -0.39 is 190 Å². The third-order valence-corrected chi connectivity index (χ3v) is 15.3. The van der Waals surface area contributed by atoms with Gasteiger partial charge in [0.25, 0.3) is 0 Å². The van der Waals surface area contributed by atoms with Crippen LogP contribution in [0, 0.1) is 17.8 Å². The molecule has 0 radical (unpaired) electrons. The minimum absolute atomic E-state index is 0.145. The minimum Gasteiger partial charge on any atom is -0.481 e. The first-order valence-corrected chi connectivity index (χ1v) is 28.3. The maximum absolute atomic E-state index is 13.4. The highest BCUT2D eigenvalue weighted by Crippen LogP contribution is 2.38. The van der Waals surface area contributed by atoms with Gasteiger partial charge in [0, 0.05) is 43.1 Å². The number of aliphatic hydroxyl groups excluding tert-OH is 11. The van der Waals surface area contributed by atoms with Gasteiger partial charge in [0.1, 0.15) is 36.4 Å². The third kappa shape index (κ3) is 21.6. The Balaban J connectivity index is 1.35. The molecule has 0 aromatic heterocycles. The molecular formula is C60H87NO22. The van der Waals surface area contributed by atoms with E-state index in [-0.39, 0.29) is 31.8 Å². The van der Waals surface area contributed by atoms with Gasteiger partial charge in [-0.2, -0.15) is 0 Å². The van der Waals surface area contributed by atoms with E-state index in [1.165, 1.54) is 19.1 Å². The predicted molar refractivity (Wildman–Crippen MR) is 298 cm³/mol. The van der Waals surface area contributed by atoms with Crippen LogP contribution in [0.1, 0.15) is 90.9 Å². The van der Waals surface area contributed by atoms with Crippen molar-refractivity contribution in [3.8, 4) is 0 Å². The molecule has 1 aromatic rings. The average Bonchev–Trinajstić information content (AvgIpc) is 3.55. The number of cyclic esters (lactones) is 1. The molecule has 0 aliphatic carbocycles. The summed E-state index contributed by atoms with van der Waals surface area (Å²) >= 11 is 0. The SMILES string of the molecule is C[C@@H]1[C@H](O)[C@@H](C)C=CC=CC=CC=CC=CC=CC=C[C@H](O[C@@H]2O[C@H](C)[C@@H](O)[C@H](NCC(=O)[C@@H](O)[C@@H]3OC(c4ccccc4)OC[C@H]3O)[C@@H]2O)C[C@@H]2O[C@](O)(C[C@@H](O)C[C@@H](O)[C@H](O)CC[C@@H](O)C[C@@H](O)CC(=O)O[C@H]1C)C[C@H](O)[C@H]2C(=O)O. The van der Waals surface area contributed by atoms with E-state index in [1.54, 1.807) is 117 Å². The molecule has 23 atom stereocenters. The number of benzene rings is 1. The number of aliphatic hydroxyl groups is 12. The van der Waals surface area contributed by atoms with E-state index in [0.29, 0.717) is 5.56 Å². The number of aliphatic carboxylic acids is 1. The van der Waals surface area contributed by atoms with Crippen LogP contribution in [0.15, 0.2) is 115 Å². The zero-order chi connectivity index (χ0) is 61.0. The van der Waals surface area contributed by atoms with E-state index in [9.17, 15) is 80.8 Å². The van der Waals surface area contributed by atoms with Gasteiger partial charge in [-0.1, -0.05) is 129 Å². The number of ether oxygens (including phenoxy) is 6. The molecule has 83 heavy (non-hydrogen) atoms. The zero-order valence-corrected chi connectivity index (χ0v) is 47.2. The molecule has 2 bridgehead atoms. The molecule has 14 N–H and O–H groups in total. The van der Waals surface area contributed by atoms with E-state index in [2.05, 4.69) is 5.32 Å². The fraction of sp³-hybridized carbons (Fsp3) is 0.617. The van der Waals surface area contributed by atoms with Crippen molar-refractivity contribution in [3.05, 3.63) is 121 Å². The molecular weight excluding hydrogens is 1090 g/mol. The van der Waals surface area contributed by atoms with Crippen LogP contribution in [-0.2, 0) is 42.8 Å². The fourth-order valence-corrected chi connectivity index (χ4v) is 10.3. The van der Waals surface area contributed by atoms with Crippen LogP contribution in [-0.4, -0.2) is 213 Å². The molecule has 0 saturated carbocycles. The highest BCUT2D eigenvalue weighted by Gasteiger charge is 2.51. The number of hydrogen-bond acceptors (Lipinski definition) is 22. The minimum atomic E-state index is -2.42. The summed E-state index contributed by atoms with van der Waals surface area (Å²) in [5.74, 6) is -8.04. The second-order valence-corrected chi connectivity index (χ2v) is 22.1. The summed E-state index contributed by atoms with van der Waals surface area (Å²) in [6, 6.07) is 7.32. The number of ketones is 1. The summed E-state index contributed by atoms with van der Waals surface area (Å²) in [6.07, 6.45) is -4.73. The normalized spacial score (nSPS) is 39.6. The number of fused-ring (bicyclic) bond motifs is 2. The Bertz CT molecular complexity index is 2360. The number of carbonyl (C=O) groups is 3. The lowest BCUT2D eigenvalue weighted by atomic mass is 9.82. The summed E-state index contributed by atoms with van der Waals surface area (Å²) in [5, 5.41) is 146. The smallest absolute Gasteiger partial charge is 0.311 e. The summed E-state index contributed by atoms with van der Waals surface area (Å²) in [4.78, 5) is 38.9. The van der Waals surface area contributed by atoms with Crippen molar-refractivity contribution in [2.24, 2.45) is 17.8 Å². The molecule has 5 rings (SSSR count). The lowest BCUT2D eigenvalue weighted by molar-refractivity contribution is -0.309. The Labute approximate surface area is 483 Å². The lowest BCUT2D eigenvalue weighted by Crippen LogP contribution is -2.64. The molecule has 0 spiro atoms. The largest absolute Gasteiger partial charge is 0.481 e. The zero-order valence-electron chi connectivity index (χ0n) is 47.2. The highest BCUT2D eigenvalue weighted by atomic mass is 16.7. The van der Waals surface area contributed by atoms with E-state index >= 15 is 0 Å². The van der Waals surface area contributed by atoms with Gasteiger partial charge in [-0.3, -0.25) is 14.4 Å². The topological polar surface area (TPSA) is 382 Å². The van der Waals surface area contributed by atoms with Crippen molar-refractivity contribution in [1.82, 2.24) is 5.32 Å². The van der Waals surface area contributed by atoms with Gasteiger partial charge in [-0.15, -0.1) is 0 Å². The van der Waals surface area contributed by atoms with Gasteiger partial charge in [-0.25, -0.2) is 0 Å². The maximum Gasteiger partial charge on any atom is 0.311 e. The number of carboxylic acid groups (broad SMARTS) is 1. The van der Waals surface area contributed by atoms with Crippen molar-refractivity contribution < 1.29 is 109 Å². The van der Waals surface area contributed by atoms with Crippen LogP contribution >= 0.6 is 0 Å². The molecule has 1 unspecified atom stereocenters. The van der Waals surface area contributed by atoms with Gasteiger partial charge in [0.05, 0.1) is 92.8 Å². The number of nitrogens with one attached hydrogen (secondary N) is 1. The summed E-state index contributed by atoms with van der Waals surface area (Å²) < 4.78 is 35.0. The summed E-state index contributed by atoms with van der Waals surface area (Å²) in [7, 11) is 0. The number of carbonyl (C=O) groups excluding carboxylic acids is 2. The van der Waals surface area contributed by atoms with Gasteiger partial charge in [0.2, 0.25) is 0 Å². The molecule has 4 aliphatic heterocycles. The Morgan fingerprint density at radius 2 is 1.29 bits per heavy atom. The van der Waals surface area contributed by atoms with E-state index in [4.69, 9.17) is 28.4 Å². The number of hydrogen-bond donors (Lipinski definition) is 14. The van der Waals surface area contributed by atoms with Crippen LogP contribution in [0.5, 0.6) is 0 Å². The number of allylic oxidation sites excluding steroid dienone is 12. The highest BCUT2D eigenvalue weighted by molar-refractivity contribution is 5.85. The van der Waals surface area contributed by atoms with Gasteiger partial charge in [0.15, 0.2) is 24.2 Å². The monoisotopic (exact) mass is 1170 g/mol. The standard InChI is InChI=1S/C60H87NO22/c1-34-20-16-13-11-9-7-5-6-8-10-12-14-19-23-42(81-59-55(74)51(53(72)37(4)80-59)61-32-46(68)54(73)56-47(69)33-78-58(82-56)38-21-17-15-18-22-38)29-48-50(57(75)76)45(67)31-60(77,83-48)30-41(64)27-44(66)43(65)25-24-39(62)26-40(63)28-49(70)79-36(3)35(2)52(34)71/h5-23,34-37,39-45,47-48,50-56,58-59,61-67,69,71-74,77H,24-33H2,1-4H3,(H,75,76)/t34-,35-,36-,37+,39+,40+,41-,42-,43+,44+,45-,47+,48-,50+,51-,52+,53+,54+,55-,56+,58?,59-,60+/m0/s1. The lowest BCUT2D eigenvalue weighted by Gasteiger charge is -2.45. The molecule has 23 nitrogen and oxygen atoms in total. The molecule has 23 heteroatoms. The van der Waals surface area contributed by atoms with Gasteiger partial charge >= 0.3 is 11.9 Å². The predicted octanol–water partition coefficient (Wildman–Crippen LogP) is 0.748. The molecule has 3 saturated heterocycles. The second kappa shape index (κ2) is 33.8. The Kier molecular flexibility index (Phi) is 28.2. The second-order valence-electron chi connectivity index (χ2n) is 22.1. The summed E-state index contributed by atoms with van der Waals surface area (Å²) in [5.41, 5.74) is 0.582. The third-order valence-electron chi connectivity index (χ3n) is 15.3. The van der Waals surface area contributed by atoms with Gasteiger partial charge in [-0.05, 0) is 33.1 Å². The molecule has 1 aromatic carbocycles. The van der Waals surface area contributed by atoms with E-state index in [0.717, 1.165) is 0 Å². The molecule has 3 fully saturated rings. The van der Waals surface area contributed by atoms with Crippen LogP contribution in [0.4, 0.5) is 0 Å². The van der Waals surface area contributed by atoms with Crippen molar-refractivity contribution in [2.45, 2.75) is 201 Å². The van der Waals surface area contributed by atoms with Crippen molar-refractivity contribution >= 4 is 17.7 Å². The Morgan fingerprint density at radius 3 is 1.92 bits per heavy atom. The first kappa shape index (κ1) is 69.1. The number of rotatable bonds is 9. The van der Waals surface area contributed by atoms with Crippen LogP contribution in [0.3, 0.4) is 0 Å². The first-order valence-electron chi connectivity index (χ1n) is 28.3. The average molecular weight is 1170 g/mol. The van der Waals surface area contributed by atoms with Crippen molar-refractivity contribution in [2.75, 3.05) is 13.2 Å². The van der Waals surface area contributed by atoms with Crippen LogP contribution < -0.4 is 5.32 Å². The number of Topliss-reactive ketones (excluding diaryl/α,β-unsaturated/α-hetero) is 1. The maximum atomic E-state index is 13.4. The quantitative estimate of drug-likeness (QED) is 0.152. The number of esters is 1. The Hall–Kier alpha value is -4.71. The van der Waals surface area contributed by atoms with E-state index in [1.807, 2.05) is 6.92 Å². The van der Waals surface area contributed by atoms with Crippen molar-refractivity contribution in [3.63, 3.8) is 0 Å². The molecule has 464 valence electrons. The molecule has 4 heterocycles. The van der Waals surface area contributed by atoms with Crippen molar-refractivity contribution in [1.29, 1.82) is 0 Å². The van der Waals surface area contributed by atoms with Crippen LogP contribution in [0.25, 0.3) is 0 Å². The Morgan fingerprint density at radius 1 is 0.675 bits per heavy atom. The van der Waals surface area contributed by atoms with Gasteiger partial charge < -0.3 is 100 Å². The molecule has 4 aliphatic rings. The van der Waals surface area contributed by atoms with Crippen LogP contribution in [0.2, 0.25) is 0 Å². The number of carboxylic acids is 1. The molecule has 0 amide bonds. The first-order chi connectivity index (χ1) is 39.4.